The first-order valence-corrected chi connectivity index (χ1v) is 9.13. The molecule has 3 rings (SSSR count). The van der Waals surface area contributed by atoms with Crippen LogP contribution in [0.5, 0.6) is 0 Å². The lowest BCUT2D eigenvalue weighted by atomic mass is 10.0. The molecular weight excluding hydrogens is 383 g/mol. The number of rotatable bonds is 6. The van der Waals surface area contributed by atoms with Crippen molar-refractivity contribution in [3.05, 3.63) is 65.5 Å². The SMILES string of the molecule is CC(C)c1ccccc1NC(=O)CCc1nnc(-c2cccc(C(F)(F)F)c2)o1. The maximum absolute atomic E-state index is 12.8. The van der Waals surface area contributed by atoms with E-state index in [2.05, 4.69) is 15.5 Å². The maximum atomic E-state index is 12.8. The fraction of sp³-hybridized carbons (Fsp3) is 0.286. The van der Waals surface area contributed by atoms with Crippen LogP contribution in [0, 0.1) is 0 Å². The van der Waals surface area contributed by atoms with Gasteiger partial charge in [-0.25, -0.2) is 0 Å². The summed E-state index contributed by atoms with van der Waals surface area (Å²) in [6.07, 6.45) is -4.17. The van der Waals surface area contributed by atoms with Crippen LogP contribution in [0.1, 0.15) is 43.2 Å². The summed E-state index contributed by atoms with van der Waals surface area (Å²) in [7, 11) is 0. The van der Waals surface area contributed by atoms with Gasteiger partial charge in [0.2, 0.25) is 17.7 Å². The zero-order valence-electron chi connectivity index (χ0n) is 16.0. The number of aryl methyl sites for hydroxylation is 1. The lowest BCUT2D eigenvalue weighted by Crippen LogP contribution is -2.14. The predicted molar refractivity (Wildman–Crippen MR) is 102 cm³/mol. The average Bonchev–Trinajstić information content (AvgIpc) is 3.15. The van der Waals surface area contributed by atoms with E-state index in [9.17, 15) is 18.0 Å². The highest BCUT2D eigenvalue weighted by Crippen LogP contribution is 2.32. The number of hydrogen-bond acceptors (Lipinski definition) is 4. The van der Waals surface area contributed by atoms with Crippen LogP contribution in [0.25, 0.3) is 11.5 Å². The number of carbonyl (C=O) groups excluding carboxylic acids is 1. The second kappa shape index (κ2) is 8.46. The maximum Gasteiger partial charge on any atom is 0.416 e. The Morgan fingerprint density at radius 2 is 1.86 bits per heavy atom. The van der Waals surface area contributed by atoms with Crippen molar-refractivity contribution < 1.29 is 22.4 Å². The van der Waals surface area contributed by atoms with Gasteiger partial charge in [0.1, 0.15) is 0 Å². The Kier molecular flexibility index (Phi) is 6.00. The van der Waals surface area contributed by atoms with Gasteiger partial charge >= 0.3 is 6.18 Å². The van der Waals surface area contributed by atoms with Crippen LogP contribution in [0.4, 0.5) is 18.9 Å². The van der Waals surface area contributed by atoms with Gasteiger partial charge in [0.15, 0.2) is 0 Å². The van der Waals surface area contributed by atoms with Crippen molar-refractivity contribution in [1.82, 2.24) is 10.2 Å². The van der Waals surface area contributed by atoms with Crippen molar-refractivity contribution in [3.8, 4) is 11.5 Å². The van der Waals surface area contributed by atoms with Crippen molar-refractivity contribution in [1.29, 1.82) is 0 Å². The van der Waals surface area contributed by atoms with Crippen molar-refractivity contribution in [3.63, 3.8) is 0 Å². The van der Waals surface area contributed by atoms with E-state index in [4.69, 9.17) is 4.42 Å². The van der Waals surface area contributed by atoms with Gasteiger partial charge in [-0.05, 0) is 35.7 Å². The molecule has 1 heterocycles. The van der Waals surface area contributed by atoms with Gasteiger partial charge in [-0.3, -0.25) is 4.79 Å². The van der Waals surface area contributed by atoms with Gasteiger partial charge in [-0.2, -0.15) is 13.2 Å². The molecule has 0 aliphatic carbocycles. The van der Waals surface area contributed by atoms with Crippen LogP contribution in [0.15, 0.2) is 52.9 Å². The molecule has 0 saturated carbocycles. The summed E-state index contributed by atoms with van der Waals surface area (Å²) < 4.78 is 44.0. The van der Waals surface area contributed by atoms with Crippen LogP contribution < -0.4 is 5.32 Å². The second-order valence-corrected chi connectivity index (χ2v) is 6.87. The summed E-state index contributed by atoms with van der Waals surface area (Å²) in [5.41, 5.74) is 1.17. The van der Waals surface area contributed by atoms with Crippen molar-refractivity contribution in [2.75, 3.05) is 5.32 Å². The van der Waals surface area contributed by atoms with E-state index in [0.717, 1.165) is 23.4 Å². The van der Waals surface area contributed by atoms with Crippen LogP contribution in [0.2, 0.25) is 0 Å². The number of benzene rings is 2. The van der Waals surface area contributed by atoms with E-state index >= 15 is 0 Å². The van der Waals surface area contributed by atoms with Crippen LogP contribution in [-0.4, -0.2) is 16.1 Å². The van der Waals surface area contributed by atoms with E-state index in [0.29, 0.717) is 0 Å². The molecule has 1 aromatic heterocycles. The third-order valence-corrected chi connectivity index (χ3v) is 4.33. The zero-order valence-corrected chi connectivity index (χ0v) is 16.0. The first-order chi connectivity index (χ1) is 13.7. The second-order valence-electron chi connectivity index (χ2n) is 6.87. The molecule has 0 saturated heterocycles. The molecule has 8 heteroatoms. The molecule has 0 atom stereocenters. The normalized spacial score (nSPS) is 11.7. The molecule has 1 amide bonds. The number of carbonyl (C=O) groups is 1. The van der Waals surface area contributed by atoms with Gasteiger partial charge in [0.05, 0.1) is 5.56 Å². The molecule has 29 heavy (non-hydrogen) atoms. The number of halogens is 3. The largest absolute Gasteiger partial charge is 0.421 e. The third kappa shape index (κ3) is 5.22. The summed E-state index contributed by atoms with van der Waals surface area (Å²) in [5.74, 6) is 0.218. The minimum Gasteiger partial charge on any atom is -0.421 e. The van der Waals surface area contributed by atoms with Gasteiger partial charge in [0, 0.05) is 24.1 Å². The molecule has 0 aliphatic rings. The number of amides is 1. The van der Waals surface area contributed by atoms with Gasteiger partial charge in [0.25, 0.3) is 0 Å². The molecule has 0 fully saturated rings. The highest BCUT2D eigenvalue weighted by atomic mass is 19.4. The van der Waals surface area contributed by atoms with Gasteiger partial charge in [-0.15, -0.1) is 10.2 Å². The quantitative estimate of drug-likeness (QED) is 0.594. The van der Waals surface area contributed by atoms with E-state index in [1.807, 2.05) is 38.1 Å². The number of nitrogens with zero attached hydrogens (tertiary/aromatic N) is 2. The smallest absolute Gasteiger partial charge is 0.416 e. The number of alkyl halides is 3. The molecule has 0 bridgehead atoms. The summed E-state index contributed by atoms with van der Waals surface area (Å²) in [5, 5.41) is 10.5. The molecule has 2 aromatic carbocycles. The molecular formula is C21H20F3N3O2. The Balaban J connectivity index is 1.63. The Hall–Kier alpha value is -3.16. The Morgan fingerprint density at radius 1 is 1.10 bits per heavy atom. The van der Waals surface area contributed by atoms with E-state index in [-0.39, 0.29) is 42.0 Å². The number of nitrogens with one attached hydrogen (secondary N) is 1. The molecule has 1 N–H and O–H groups in total. The monoisotopic (exact) mass is 403 g/mol. The third-order valence-electron chi connectivity index (χ3n) is 4.33. The number of hydrogen-bond donors (Lipinski definition) is 1. The van der Waals surface area contributed by atoms with E-state index < -0.39 is 11.7 Å². The number of anilines is 1. The minimum atomic E-state index is -4.46. The summed E-state index contributed by atoms with van der Waals surface area (Å²) in [4.78, 5) is 12.3. The van der Waals surface area contributed by atoms with Gasteiger partial charge < -0.3 is 9.73 Å². The molecule has 152 valence electrons. The lowest BCUT2D eigenvalue weighted by Gasteiger charge is -2.13. The molecule has 3 aromatic rings. The molecule has 0 spiro atoms. The molecule has 0 radical (unpaired) electrons. The van der Waals surface area contributed by atoms with E-state index in [1.54, 1.807) is 0 Å². The first-order valence-electron chi connectivity index (χ1n) is 9.13. The van der Waals surface area contributed by atoms with Crippen LogP contribution in [-0.2, 0) is 17.4 Å². The van der Waals surface area contributed by atoms with Crippen LogP contribution in [0.3, 0.4) is 0 Å². The van der Waals surface area contributed by atoms with E-state index in [1.165, 1.54) is 12.1 Å². The highest BCUT2D eigenvalue weighted by molar-refractivity contribution is 5.91. The predicted octanol–water partition coefficient (Wildman–Crippen LogP) is 5.45. The molecule has 0 unspecified atom stereocenters. The first kappa shape index (κ1) is 20.6. The topological polar surface area (TPSA) is 68.0 Å². The fourth-order valence-corrected chi connectivity index (χ4v) is 2.85. The lowest BCUT2D eigenvalue weighted by molar-refractivity contribution is -0.137. The number of para-hydroxylation sites is 1. The zero-order chi connectivity index (χ0) is 21.0. The Morgan fingerprint density at radius 3 is 2.59 bits per heavy atom. The van der Waals surface area contributed by atoms with Gasteiger partial charge in [-0.1, -0.05) is 38.1 Å². The van der Waals surface area contributed by atoms with Crippen LogP contribution >= 0.6 is 0 Å². The minimum absolute atomic E-state index is 0.0170. The van der Waals surface area contributed by atoms with Crippen molar-refractivity contribution in [2.45, 2.75) is 38.8 Å². The highest BCUT2D eigenvalue weighted by Gasteiger charge is 2.30. The van der Waals surface area contributed by atoms with Crippen molar-refractivity contribution >= 4 is 11.6 Å². The Bertz CT molecular complexity index is 997. The average molecular weight is 403 g/mol. The molecule has 0 aliphatic heterocycles. The van der Waals surface area contributed by atoms with Crippen molar-refractivity contribution in [2.24, 2.45) is 0 Å². The standard InChI is InChI=1S/C21H20F3N3O2/c1-13(2)16-8-3-4-9-17(16)25-18(28)10-11-19-26-27-20(29-19)14-6-5-7-15(12-14)21(22,23)24/h3-9,12-13H,10-11H2,1-2H3,(H,25,28). The Labute approximate surface area is 166 Å². The summed E-state index contributed by atoms with van der Waals surface area (Å²) >= 11 is 0. The fourth-order valence-electron chi connectivity index (χ4n) is 2.85. The molecule has 5 nitrogen and oxygen atoms in total. The summed E-state index contributed by atoms with van der Waals surface area (Å²) in [6, 6.07) is 12.2. The number of aromatic nitrogens is 2. The summed E-state index contributed by atoms with van der Waals surface area (Å²) in [6.45, 7) is 4.08.